The topological polar surface area (TPSA) is 42.0 Å². The summed E-state index contributed by atoms with van der Waals surface area (Å²) < 4.78 is -0.242. The van der Waals surface area contributed by atoms with Gasteiger partial charge in [0.1, 0.15) is 0 Å². The van der Waals surface area contributed by atoms with Gasteiger partial charge in [0.15, 0.2) is 5.13 Å². The number of thiazole rings is 1. The molecule has 14 heavy (non-hydrogen) atoms. The second kappa shape index (κ2) is 3.28. The second-order valence-corrected chi connectivity index (χ2v) is 8.17. The summed E-state index contributed by atoms with van der Waals surface area (Å²) in [4.78, 5) is 15.8. The van der Waals surface area contributed by atoms with Crippen molar-refractivity contribution < 1.29 is 4.79 Å². The van der Waals surface area contributed by atoms with Crippen molar-refractivity contribution in [3.63, 3.8) is 0 Å². The molecule has 1 N–H and O–H groups in total. The molecule has 3 nitrogen and oxygen atoms in total. The summed E-state index contributed by atoms with van der Waals surface area (Å²) in [6.07, 6.45) is 2.46. The average Bonchev–Trinajstić information content (AvgIpc) is 2.54. The van der Waals surface area contributed by atoms with Gasteiger partial charge in [0.25, 0.3) is 0 Å². The number of alkyl halides is 2. The molecule has 1 aromatic heterocycles. The number of rotatable bonds is 2. The molecule has 6 heteroatoms. The molecule has 76 valence electrons. The molecule has 0 unspecified atom stereocenters. The molecule has 0 bridgehead atoms. The number of hydrogen-bond donors (Lipinski definition) is 1. The largest absolute Gasteiger partial charge is 0.301 e. The van der Waals surface area contributed by atoms with Crippen molar-refractivity contribution in [2.75, 3.05) is 5.32 Å². The number of nitrogens with one attached hydrogen (secondary N) is 1. The summed E-state index contributed by atoms with van der Waals surface area (Å²) in [6.45, 7) is 1.92. The van der Waals surface area contributed by atoms with Crippen LogP contribution in [0.4, 0.5) is 5.13 Å². The van der Waals surface area contributed by atoms with E-state index in [2.05, 4.69) is 42.2 Å². The van der Waals surface area contributed by atoms with Crippen LogP contribution in [0.1, 0.15) is 13.3 Å². The molecule has 0 aromatic carbocycles. The Morgan fingerprint density at radius 2 is 2.36 bits per heavy atom. The van der Waals surface area contributed by atoms with Crippen molar-refractivity contribution in [3.8, 4) is 0 Å². The van der Waals surface area contributed by atoms with Gasteiger partial charge in [0.2, 0.25) is 5.91 Å². The second-order valence-electron chi connectivity index (χ2n) is 3.50. The zero-order chi connectivity index (χ0) is 10.4. The van der Waals surface area contributed by atoms with Gasteiger partial charge in [0, 0.05) is 11.6 Å². The monoisotopic (exact) mass is 338 g/mol. The van der Waals surface area contributed by atoms with Crippen LogP contribution in [0.5, 0.6) is 0 Å². The van der Waals surface area contributed by atoms with E-state index in [4.69, 9.17) is 0 Å². The lowest BCUT2D eigenvalue weighted by atomic mass is 10.1. The van der Waals surface area contributed by atoms with Gasteiger partial charge in [-0.3, -0.25) is 4.79 Å². The van der Waals surface area contributed by atoms with Crippen molar-refractivity contribution in [1.29, 1.82) is 0 Å². The molecule has 0 saturated heterocycles. The van der Waals surface area contributed by atoms with E-state index in [1.54, 1.807) is 6.20 Å². The number of anilines is 1. The number of nitrogens with zero attached hydrogens (tertiary/aromatic N) is 1. The third kappa shape index (κ3) is 1.63. The summed E-state index contributed by atoms with van der Waals surface area (Å²) >= 11 is 8.33. The number of amides is 1. The molecule has 1 aliphatic rings. The van der Waals surface area contributed by atoms with Gasteiger partial charge in [-0.05, 0) is 13.3 Å². The molecule has 0 spiro atoms. The predicted molar refractivity (Wildman–Crippen MR) is 64.1 cm³/mol. The van der Waals surface area contributed by atoms with Crippen LogP contribution in [0.3, 0.4) is 0 Å². The highest BCUT2D eigenvalue weighted by molar-refractivity contribution is 9.25. The molecule has 2 rings (SSSR count). The van der Waals surface area contributed by atoms with Gasteiger partial charge in [0.05, 0.1) is 8.65 Å². The lowest BCUT2D eigenvalue weighted by Crippen LogP contribution is -2.25. The minimum absolute atomic E-state index is 0.00111. The Kier molecular flexibility index (Phi) is 2.48. The standard InChI is InChI=1S/C8H8Br2N2OS/c1-7(4-8(7,9)10)5(13)12-6-11-2-3-14-6/h2-3H,4H2,1H3,(H,11,12,13)/t7-/m0/s1. The fourth-order valence-corrected chi connectivity index (χ4v) is 3.17. The van der Waals surface area contributed by atoms with E-state index in [-0.39, 0.29) is 14.6 Å². The molecule has 1 saturated carbocycles. The van der Waals surface area contributed by atoms with E-state index in [1.165, 1.54) is 11.3 Å². The summed E-state index contributed by atoms with van der Waals surface area (Å²) in [7, 11) is 0. The average molecular weight is 340 g/mol. The Bertz CT molecular complexity index is 365. The van der Waals surface area contributed by atoms with Gasteiger partial charge in [-0.2, -0.15) is 0 Å². The number of hydrogen-bond acceptors (Lipinski definition) is 3. The Morgan fingerprint density at radius 1 is 1.71 bits per heavy atom. The molecule has 1 atom stereocenters. The van der Waals surface area contributed by atoms with Crippen molar-refractivity contribution in [2.45, 2.75) is 16.6 Å². The zero-order valence-electron chi connectivity index (χ0n) is 7.38. The normalized spacial score (nSPS) is 28.5. The van der Waals surface area contributed by atoms with Crippen molar-refractivity contribution in [2.24, 2.45) is 5.41 Å². The maximum Gasteiger partial charge on any atom is 0.234 e. The molecule has 0 aliphatic heterocycles. The third-order valence-corrected chi connectivity index (χ3v) is 5.41. The van der Waals surface area contributed by atoms with E-state index in [0.29, 0.717) is 5.13 Å². The Hall–Kier alpha value is 0.0600. The Balaban J connectivity index is 2.05. The number of aromatic nitrogens is 1. The van der Waals surface area contributed by atoms with E-state index >= 15 is 0 Å². The molecule has 1 heterocycles. The molecular formula is C8H8Br2N2OS. The first-order chi connectivity index (χ1) is 6.46. The fraction of sp³-hybridized carbons (Fsp3) is 0.500. The Labute approximate surface area is 103 Å². The molecule has 1 amide bonds. The SMILES string of the molecule is C[C@@]1(C(=O)Nc2nccs2)CC1(Br)Br. The quantitative estimate of drug-likeness (QED) is 0.841. The van der Waals surface area contributed by atoms with Crippen LogP contribution in [0, 0.1) is 5.41 Å². The first-order valence-electron chi connectivity index (χ1n) is 4.04. The van der Waals surface area contributed by atoms with Crippen molar-refractivity contribution in [1.82, 2.24) is 4.98 Å². The van der Waals surface area contributed by atoms with E-state index in [0.717, 1.165) is 6.42 Å². The van der Waals surface area contributed by atoms with Gasteiger partial charge >= 0.3 is 0 Å². The summed E-state index contributed by atoms with van der Waals surface area (Å²) in [5.74, 6) is 0.00111. The van der Waals surface area contributed by atoms with Crippen LogP contribution in [0.15, 0.2) is 11.6 Å². The van der Waals surface area contributed by atoms with Gasteiger partial charge in [-0.1, -0.05) is 31.9 Å². The number of halogens is 2. The van der Waals surface area contributed by atoms with E-state index < -0.39 is 0 Å². The van der Waals surface area contributed by atoms with Crippen LogP contribution in [0.25, 0.3) is 0 Å². The smallest absolute Gasteiger partial charge is 0.234 e. The van der Waals surface area contributed by atoms with E-state index in [1.807, 2.05) is 12.3 Å². The lowest BCUT2D eigenvalue weighted by Gasteiger charge is -2.10. The van der Waals surface area contributed by atoms with Gasteiger partial charge < -0.3 is 5.32 Å². The first kappa shape index (κ1) is 10.6. The molecule has 1 aromatic rings. The van der Waals surface area contributed by atoms with Crippen LogP contribution in [-0.2, 0) is 4.79 Å². The first-order valence-corrected chi connectivity index (χ1v) is 6.51. The molecular weight excluding hydrogens is 332 g/mol. The maximum atomic E-state index is 11.8. The van der Waals surface area contributed by atoms with Gasteiger partial charge in [-0.15, -0.1) is 11.3 Å². The molecule has 1 fully saturated rings. The summed E-state index contributed by atoms with van der Waals surface area (Å²) in [5.41, 5.74) is -0.376. The van der Waals surface area contributed by atoms with E-state index in [9.17, 15) is 4.79 Å². The van der Waals surface area contributed by atoms with Gasteiger partial charge in [-0.25, -0.2) is 4.98 Å². The van der Waals surface area contributed by atoms with Crippen molar-refractivity contribution in [3.05, 3.63) is 11.6 Å². The summed E-state index contributed by atoms with van der Waals surface area (Å²) in [5, 5.41) is 5.27. The fourth-order valence-electron chi connectivity index (χ4n) is 1.17. The van der Waals surface area contributed by atoms with Crippen LogP contribution in [0.2, 0.25) is 0 Å². The van der Waals surface area contributed by atoms with Crippen LogP contribution < -0.4 is 5.32 Å². The van der Waals surface area contributed by atoms with Crippen molar-refractivity contribution >= 4 is 54.2 Å². The summed E-state index contributed by atoms with van der Waals surface area (Å²) in [6, 6.07) is 0. The minimum atomic E-state index is -0.376. The molecule has 1 aliphatic carbocycles. The molecule has 0 radical (unpaired) electrons. The van der Waals surface area contributed by atoms with Crippen LogP contribution in [-0.4, -0.2) is 14.1 Å². The highest BCUT2D eigenvalue weighted by Gasteiger charge is 2.66. The number of carbonyl (C=O) groups excluding carboxylic acids is 1. The third-order valence-electron chi connectivity index (χ3n) is 2.41. The predicted octanol–water partition coefficient (Wildman–Crippen LogP) is 2.98. The van der Waals surface area contributed by atoms with Crippen LogP contribution >= 0.6 is 43.2 Å². The number of carbonyl (C=O) groups is 1. The highest BCUT2D eigenvalue weighted by Crippen LogP contribution is 2.66. The minimum Gasteiger partial charge on any atom is -0.301 e. The lowest BCUT2D eigenvalue weighted by molar-refractivity contribution is -0.120. The Morgan fingerprint density at radius 3 is 2.79 bits per heavy atom. The zero-order valence-corrected chi connectivity index (χ0v) is 11.4. The highest BCUT2D eigenvalue weighted by atomic mass is 79.9. The maximum absolute atomic E-state index is 11.8.